The number of hydrogen-bond donors (Lipinski definition) is 2. The van der Waals surface area contributed by atoms with Gasteiger partial charge in [0, 0.05) is 26.2 Å². The quantitative estimate of drug-likeness (QED) is 0.555. The Hall–Kier alpha value is -2.32. The molecule has 1 fully saturated rings. The fourth-order valence-electron chi connectivity index (χ4n) is 3.22. The highest BCUT2D eigenvalue weighted by Gasteiger charge is 2.25. The molecule has 3 heterocycles. The maximum Gasteiger partial charge on any atom is 0.216 e. The van der Waals surface area contributed by atoms with Crippen molar-refractivity contribution in [3.05, 3.63) is 41.0 Å². The molecule has 3 rings (SSSR count). The van der Waals surface area contributed by atoms with Gasteiger partial charge in [0.05, 0.1) is 24.9 Å². The molecule has 2 aromatic rings. The highest BCUT2D eigenvalue weighted by atomic mass is 16.5. The average Bonchev–Trinajstić information content (AvgIpc) is 3.26. The first-order chi connectivity index (χ1) is 13.6. The van der Waals surface area contributed by atoms with Gasteiger partial charge in [-0.25, -0.2) is 9.98 Å². The van der Waals surface area contributed by atoms with Gasteiger partial charge >= 0.3 is 0 Å². The fraction of sp³-hybridized carbons (Fsp3) is 0.600. The molecule has 0 amide bonds. The summed E-state index contributed by atoms with van der Waals surface area (Å²) in [6.07, 6.45) is 0. The van der Waals surface area contributed by atoms with Crippen LogP contribution in [0.4, 0.5) is 0 Å². The van der Waals surface area contributed by atoms with Crippen molar-refractivity contribution >= 4 is 5.96 Å². The van der Waals surface area contributed by atoms with Crippen molar-refractivity contribution in [3.8, 4) is 0 Å². The van der Waals surface area contributed by atoms with Crippen LogP contribution in [0.15, 0.2) is 26.0 Å². The van der Waals surface area contributed by atoms with Crippen molar-refractivity contribution in [1.29, 1.82) is 0 Å². The molecule has 1 atom stereocenters. The first kappa shape index (κ1) is 20.4. The molecule has 0 aromatic carbocycles. The number of morpholine rings is 1. The molecule has 8 heteroatoms. The van der Waals surface area contributed by atoms with Crippen molar-refractivity contribution in [2.75, 3.05) is 39.4 Å². The van der Waals surface area contributed by atoms with E-state index >= 15 is 0 Å². The summed E-state index contributed by atoms with van der Waals surface area (Å²) in [5, 5.41) is 6.73. The Labute approximate surface area is 166 Å². The first-order valence-electron chi connectivity index (χ1n) is 9.90. The molecule has 1 saturated heterocycles. The Morgan fingerprint density at radius 3 is 2.57 bits per heavy atom. The largest absolute Gasteiger partial charge is 0.465 e. The van der Waals surface area contributed by atoms with E-state index in [1.165, 1.54) is 0 Å². The smallest absolute Gasteiger partial charge is 0.216 e. The zero-order chi connectivity index (χ0) is 19.9. The van der Waals surface area contributed by atoms with Gasteiger partial charge in [-0.3, -0.25) is 4.90 Å². The topological polar surface area (TPSA) is 88.1 Å². The second-order valence-corrected chi connectivity index (χ2v) is 6.94. The molecule has 28 heavy (non-hydrogen) atoms. The molecular formula is C20H31N5O3. The molecule has 0 aliphatic carbocycles. The number of aliphatic imine (C=N–C) groups is 1. The zero-order valence-corrected chi connectivity index (χ0v) is 17.2. The summed E-state index contributed by atoms with van der Waals surface area (Å²) in [5.41, 5.74) is 0.906. The summed E-state index contributed by atoms with van der Waals surface area (Å²) in [6, 6.07) is 4.18. The number of aromatic nitrogens is 1. The van der Waals surface area contributed by atoms with Gasteiger partial charge in [0.2, 0.25) is 5.89 Å². The number of rotatable bonds is 7. The summed E-state index contributed by atoms with van der Waals surface area (Å²) >= 11 is 0. The minimum Gasteiger partial charge on any atom is -0.465 e. The number of nitrogens with zero attached hydrogens (tertiary/aromatic N) is 3. The Bertz CT molecular complexity index is 757. The third-order valence-corrected chi connectivity index (χ3v) is 4.83. The van der Waals surface area contributed by atoms with Gasteiger partial charge in [0.1, 0.15) is 23.8 Å². The number of guanidine groups is 1. The average molecular weight is 390 g/mol. The number of oxazole rings is 1. The third-order valence-electron chi connectivity index (χ3n) is 4.83. The molecule has 0 radical (unpaired) electrons. The van der Waals surface area contributed by atoms with Crippen molar-refractivity contribution in [2.24, 2.45) is 4.99 Å². The maximum absolute atomic E-state index is 5.93. The summed E-state index contributed by atoms with van der Waals surface area (Å²) < 4.78 is 17.1. The van der Waals surface area contributed by atoms with Crippen LogP contribution < -0.4 is 10.6 Å². The van der Waals surface area contributed by atoms with Crippen LogP contribution in [0.25, 0.3) is 0 Å². The highest BCUT2D eigenvalue weighted by Crippen LogP contribution is 2.23. The van der Waals surface area contributed by atoms with Crippen LogP contribution in [0.5, 0.6) is 0 Å². The Morgan fingerprint density at radius 2 is 1.96 bits per heavy atom. The van der Waals surface area contributed by atoms with Gasteiger partial charge in [-0.05, 0) is 39.8 Å². The number of nitrogens with one attached hydrogen (secondary N) is 2. The first-order valence-corrected chi connectivity index (χ1v) is 9.90. The van der Waals surface area contributed by atoms with Crippen LogP contribution in [-0.2, 0) is 11.3 Å². The van der Waals surface area contributed by atoms with Crippen molar-refractivity contribution < 1.29 is 13.6 Å². The van der Waals surface area contributed by atoms with E-state index < -0.39 is 0 Å². The van der Waals surface area contributed by atoms with E-state index in [9.17, 15) is 0 Å². The van der Waals surface area contributed by atoms with Gasteiger partial charge in [0.15, 0.2) is 5.96 Å². The zero-order valence-electron chi connectivity index (χ0n) is 17.2. The van der Waals surface area contributed by atoms with Crippen LogP contribution in [0.2, 0.25) is 0 Å². The van der Waals surface area contributed by atoms with E-state index in [2.05, 4.69) is 31.6 Å². The molecule has 1 aliphatic heterocycles. The van der Waals surface area contributed by atoms with E-state index in [1.807, 2.05) is 33.8 Å². The molecule has 0 spiro atoms. The Balaban J connectivity index is 1.68. The molecule has 1 unspecified atom stereocenters. The SMILES string of the molecule is CCNC(=NCc1nc(C)c(C)o1)NCC(c1ccc(C)o1)N1CCOCC1. The number of hydrogen-bond acceptors (Lipinski definition) is 6. The third kappa shape index (κ3) is 5.36. The van der Waals surface area contributed by atoms with Crippen molar-refractivity contribution in [1.82, 2.24) is 20.5 Å². The minimum atomic E-state index is 0.118. The molecule has 8 nitrogen and oxygen atoms in total. The highest BCUT2D eigenvalue weighted by molar-refractivity contribution is 5.79. The maximum atomic E-state index is 5.93. The summed E-state index contributed by atoms with van der Waals surface area (Å²) in [5.74, 6) is 4.07. The van der Waals surface area contributed by atoms with Crippen molar-refractivity contribution in [3.63, 3.8) is 0 Å². The molecular weight excluding hydrogens is 358 g/mol. The molecule has 0 saturated carbocycles. The number of furan rings is 1. The number of aryl methyl sites for hydroxylation is 3. The van der Waals surface area contributed by atoms with Gasteiger partial charge < -0.3 is 24.2 Å². The van der Waals surface area contributed by atoms with Crippen LogP contribution in [-0.4, -0.2) is 55.2 Å². The van der Waals surface area contributed by atoms with E-state index in [-0.39, 0.29) is 6.04 Å². The fourth-order valence-corrected chi connectivity index (χ4v) is 3.22. The predicted octanol–water partition coefficient (Wildman–Crippen LogP) is 2.32. The normalized spacial score (nSPS) is 16.9. The molecule has 2 N–H and O–H groups in total. The van der Waals surface area contributed by atoms with E-state index in [4.69, 9.17) is 13.6 Å². The summed E-state index contributed by atoms with van der Waals surface area (Å²) in [7, 11) is 0. The predicted molar refractivity (Wildman–Crippen MR) is 107 cm³/mol. The second kappa shape index (κ2) is 9.75. The standard InChI is InChI=1S/C20H31N5O3/c1-5-21-20(23-13-19-24-15(3)16(4)28-19)22-12-17(18-7-6-14(2)27-18)25-8-10-26-11-9-25/h6-7,17H,5,8-13H2,1-4H3,(H2,21,22,23). The lowest BCUT2D eigenvalue weighted by molar-refractivity contribution is 0.0124. The molecule has 154 valence electrons. The molecule has 1 aliphatic rings. The van der Waals surface area contributed by atoms with E-state index in [1.54, 1.807) is 0 Å². The molecule has 0 bridgehead atoms. The number of ether oxygens (including phenoxy) is 1. The van der Waals surface area contributed by atoms with Gasteiger partial charge in [-0.15, -0.1) is 0 Å². The van der Waals surface area contributed by atoms with Crippen LogP contribution in [0.3, 0.4) is 0 Å². The lowest BCUT2D eigenvalue weighted by Gasteiger charge is -2.33. The second-order valence-electron chi connectivity index (χ2n) is 6.94. The monoisotopic (exact) mass is 389 g/mol. The van der Waals surface area contributed by atoms with Gasteiger partial charge in [-0.1, -0.05) is 0 Å². The Morgan fingerprint density at radius 1 is 1.18 bits per heavy atom. The summed E-state index contributed by atoms with van der Waals surface area (Å²) in [4.78, 5) is 11.4. The summed E-state index contributed by atoms with van der Waals surface area (Å²) in [6.45, 7) is 13.0. The lowest BCUT2D eigenvalue weighted by Crippen LogP contribution is -2.46. The minimum absolute atomic E-state index is 0.118. The van der Waals surface area contributed by atoms with Crippen molar-refractivity contribution in [2.45, 2.75) is 40.3 Å². The van der Waals surface area contributed by atoms with Crippen LogP contribution in [0.1, 0.15) is 41.8 Å². The van der Waals surface area contributed by atoms with Gasteiger partial charge in [-0.2, -0.15) is 0 Å². The van der Waals surface area contributed by atoms with E-state index in [0.717, 1.165) is 61.8 Å². The lowest BCUT2D eigenvalue weighted by atomic mass is 10.1. The molecule has 2 aromatic heterocycles. The van der Waals surface area contributed by atoms with Crippen LogP contribution in [0, 0.1) is 20.8 Å². The van der Waals surface area contributed by atoms with Crippen LogP contribution >= 0.6 is 0 Å². The van der Waals surface area contributed by atoms with Gasteiger partial charge in [0.25, 0.3) is 0 Å². The van der Waals surface area contributed by atoms with E-state index in [0.29, 0.717) is 19.0 Å². The Kier molecular flexibility index (Phi) is 7.11.